The maximum absolute atomic E-state index is 14.5. The number of benzene rings is 1. The smallest absolute Gasteiger partial charge is 0.433 e. The van der Waals surface area contributed by atoms with Crippen molar-refractivity contribution in [3.63, 3.8) is 0 Å². The lowest BCUT2D eigenvalue weighted by atomic mass is 10.1. The van der Waals surface area contributed by atoms with Gasteiger partial charge in [0.15, 0.2) is 0 Å². The summed E-state index contributed by atoms with van der Waals surface area (Å²) in [6.45, 7) is 3.65. The standard InChI is InChI=1S/C23H19F4N5O2/c1-3-15-9-18-22(34-15)32-20(11-28-18)30-12(2)16-8-14(5-6-17(16)24)31-21(33)13-4-7-19(29-10-13)23(25,26)27/h4-12H,3H2,1-2H3,(H,30,32)(H,31,33)/t12-/m0/s1. The highest BCUT2D eigenvalue weighted by molar-refractivity contribution is 6.04. The molecule has 3 aromatic heterocycles. The second-order valence-electron chi connectivity index (χ2n) is 7.50. The number of rotatable bonds is 6. The van der Waals surface area contributed by atoms with E-state index in [4.69, 9.17) is 4.42 Å². The molecular weight excluding hydrogens is 454 g/mol. The van der Waals surface area contributed by atoms with Crippen LogP contribution in [-0.4, -0.2) is 20.9 Å². The lowest BCUT2D eigenvalue weighted by Crippen LogP contribution is -2.15. The first-order chi connectivity index (χ1) is 16.1. The predicted octanol–water partition coefficient (Wildman–Crippen LogP) is 5.76. The Morgan fingerprint density at radius 1 is 1.12 bits per heavy atom. The van der Waals surface area contributed by atoms with Gasteiger partial charge in [-0.25, -0.2) is 9.37 Å². The van der Waals surface area contributed by atoms with Crippen LogP contribution in [-0.2, 0) is 12.6 Å². The van der Waals surface area contributed by atoms with E-state index in [0.717, 1.165) is 24.1 Å². The summed E-state index contributed by atoms with van der Waals surface area (Å²) >= 11 is 0. The molecule has 7 nitrogen and oxygen atoms in total. The van der Waals surface area contributed by atoms with Crippen LogP contribution in [0.5, 0.6) is 0 Å². The van der Waals surface area contributed by atoms with E-state index in [-0.39, 0.29) is 16.8 Å². The molecule has 11 heteroatoms. The van der Waals surface area contributed by atoms with Gasteiger partial charge in [0.25, 0.3) is 5.91 Å². The van der Waals surface area contributed by atoms with Crippen molar-refractivity contribution in [2.45, 2.75) is 32.5 Å². The molecule has 2 N–H and O–H groups in total. The average molecular weight is 473 g/mol. The second-order valence-corrected chi connectivity index (χ2v) is 7.50. The van der Waals surface area contributed by atoms with Gasteiger partial charge in [0.2, 0.25) is 5.71 Å². The Balaban J connectivity index is 1.49. The number of aromatic nitrogens is 3. The van der Waals surface area contributed by atoms with Crippen molar-refractivity contribution in [2.24, 2.45) is 0 Å². The van der Waals surface area contributed by atoms with Crippen molar-refractivity contribution in [1.82, 2.24) is 15.0 Å². The van der Waals surface area contributed by atoms with Gasteiger partial charge in [-0.15, -0.1) is 0 Å². The Hall–Kier alpha value is -4.02. The van der Waals surface area contributed by atoms with E-state index in [9.17, 15) is 22.4 Å². The largest absolute Gasteiger partial charge is 0.441 e. The number of pyridine rings is 1. The molecule has 0 aliphatic carbocycles. The van der Waals surface area contributed by atoms with Crippen molar-refractivity contribution in [3.05, 3.63) is 77.2 Å². The highest BCUT2D eigenvalue weighted by Gasteiger charge is 2.32. The van der Waals surface area contributed by atoms with Crippen LogP contribution in [0, 0.1) is 5.82 Å². The first-order valence-corrected chi connectivity index (χ1v) is 10.3. The Morgan fingerprint density at radius 3 is 2.59 bits per heavy atom. The first-order valence-electron chi connectivity index (χ1n) is 10.3. The maximum Gasteiger partial charge on any atom is 0.433 e. The molecule has 0 bridgehead atoms. The topological polar surface area (TPSA) is 92.9 Å². The fourth-order valence-corrected chi connectivity index (χ4v) is 3.26. The molecule has 4 rings (SSSR count). The molecule has 34 heavy (non-hydrogen) atoms. The quantitative estimate of drug-likeness (QED) is 0.346. The molecule has 1 aromatic carbocycles. The molecular formula is C23H19F4N5O2. The number of aryl methyl sites for hydroxylation is 1. The zero-order valence-corrected chi connectivity index (χ0v) is 18.1. The van der Waals surface area contributed by atoms with E-state index in [2.05, 4.69) is 25.6 Å². The Morgan fingerprint density at radius 2 is 1.91 bits per heavy atom. The summed E-state index contributed by atoms with van der Waals surface area (Å²) in [4.78, 5) is 24.3. The van der Waals surface area contributed by atoms with Gasteiger partial charge >= 0.3 is 6.18 Å². The summed E-state index contributed by atoms with van der Waals surface area (Å²) in [5.41, 5.74) is 0.298. The number of hydrogen-bond acceptors (Lipinski definition) is 6. The number of fused-ring (bicyclic) bond motifs is 1. The molecule has 1 amide bonds. The Labute approximate surface area is 191 Å². The molecule has 0 aliphatic rings. The molecule has 1 atom stereocenters. The number of anilines is 2. The van der Waals surface area contributed by atoms with Gasteiger partial charge in [-0.3, -0.25) is 9.78 Å². The molecule has 0 spiro atoms. The summed E-state index contributed by atoms with van der Waals surface area (Å²) < 4.78 is 58.1. The van der Waals surface area contributed by atoms with Crippen LogP contribution in [0.25, 0.3) is 11.2 Å². The van der Waals surface area contributed by atoms with E-state index >= 15 is 0 Å². The number of furan rings is 1. The second kappa shape index (κ2) is 9.08. The monoisotopic (exact) mass is 473 g/mol. The van der Waals surface area contributed by atoms with Gasteiger partial charge in [-0.1, -0.05) is 6.92 Å². The molecule has 0 unspecified atom stereocenters. The van der Waals surface area contributed by atoms with Crippen molar-refractivity contribution in [1.29, 1.82) is 0 Å². The molecule has 0 saturated carbocycles. The van der Waals surface area contributed by atoms with Crippen LogP contribution in [0.3, 0.4) is 0 Å². The SMILES string of the molecule is CCc1cc2ncc(N[C@@H](C)c3cc(NC(=O)c4ccc(C(F)(F)F)nc4)ccc3F)nc2o1. The third-order valence-electron chi connectivity index (χ3n) is 5.04. The van der Waals surface area contributed by atoms with E-state index in [1.165, 1.54) is 24.4 Å². The van der Waals surface area contributed by atoms with Gasteiger partial charge in [-0.2, -0.15) is 18.2 Å². The number of amides is 1. The van der Waals surface area contributed by atoms with Crippen LogP contribution < -0.4 is 10.6 Å². The van der Waals surface area contributed by atoms with Gasteiger partial charge in [-0.05, 0) is 37.3 Å². The number of halogens is 4. The maximum atomic E-state index is 14.5. The third kappa shape index (κ3) is 4.98. The number of carbonyl (C=O) groups is 1. The zero-order valence-electron chi connectivity index (χ0n) is 18.1. The molecule has 3 heterocycles. The fraction of sp³-hybridized carbons (Fsp3) is 0.217. The van der Waals surface area contributed by atoms with Crippen molar-refractivity contribution in [3.8, 4) is 0 Å². The van der Waals surface area contributed by atoms with E-state index < -0.39 is 29.6 Å². The number of nitrogens with one attached hydrogen (secondary N) is 2. The van der Waals surface area contributed by atoms with Crippen LogP contribution >= 0.6 is 0 Å². The molecule has 0 aliphatic heterocycles. The summed E-state index contributed by atoms with van der Waals surface area (Å²) in [5, 5.41) is 5.59. The minimum absolute atomic E-state index is 0.0708. The zero-order chi connectivity index (χ0) is 24.5. The summed E-state index contributed by atoms with van der Waals surface area (Å²) in [5.74, 6) is -0.0747. The lowest BCUT2D eigenvalue weighted by molar-refractivity contribution is -0.141. The number of carbonyl (C=O) groups excluding carboxylic acids is 1. The van der Waals surface area contributed by atoms with Crippen molar-refractivity contribution < 1.29 is 26.8 Å². The fourth-order valence-electron chi connectivity index (χ4n) is 3.26. The normalized spacial score (nSPS) is 12.5. The van der Waals surface area contributed by atoms with E-state index in [0.29, 0.717) is 23.5 Å². The van der Waals surface area contributed by atoms with Crippen LogP contribution in [0.1, 0.15) is 47.3 Å². The van der Waals surface area contributed by atoms with Crippen LogP contribution in [0.4, 0.5) is 29.1 Å². The first kappa shape index (κ1) is 23.1. The molecule has 0 radical (unpaired) electrons. The number of hydrogen-bond donors (Lipinski definition) is 2. The summed E-state index contributed by atoms with van der Waals surface area (Å²) in [6.07, 6.45) is -1.56. The highest BCUT2D eigenvalue weighted by Crippen LogP contribution is 2.28. The minimum atomic E-state index is -4.60. The molecule has 4 aromatic rings. The summed E-state index contributed by atoms with van der Waals surface area (Å²) in [6, 6.07) is 6.94. The molecule has 176 valence electrons. The highest BCUT2D eigenvalue weighted by atomic mass is 19.4. The van der Waals surface area contributed by atoms with Gasteiger partial charge in [0.1, 0.15) is 28.6 Å². The van der Waals surface area contributed by atoms with Gasteiger partial charge in [0.05, 0.1) is 17.8 Å². The van der Waals surface area contributed by atoms with E-state index in [1.807, 2.05) is 6.92 Å². The predicted molar refractivity (Wildman–Crippen MR) is 117 cm³/mol. The van der Waals surface area contributed by atoms with Crippen molar-refractivity contribution >= 4 is 28.6 Å². The average Bonchev–Trinajstić information content (AvgIpc) is 3.22. The number of nitrogens with zero attached hydrogens (tertiary/aromatic N) is 3. The van der Waals surface area contributed by atoms with Crippen LogP contribution in [0.2, 0.25) is 0 Å². The van der Waals surface area contributed by atoms with Crippen molar-refractivity contribution in [2.75, 3.05) is 10.6 Å². The van der Waals surface area contributed by atoms with E-state index in [1.54, 1.807) is 13.0 Å². The molecule has 0 fully saturated rings. The van der Waals surface area contributed by atoms with Crippen LogP contribution in [0.15, 0.2) is 53.2 Å². The summed E-state index contributed by atoms with van der Waals surface area (Å²) in [7, 11) is 0. The Bertz CT molecular complexity index is 1340. The van der Waals surface area contributed by atoms with Gasteiger partial charge in [0, 0.05) is 29.9 Å². The molecule has 0 saturated heterocycles. The Kier molecular flexibility index (Phi) is 6.18. The third-order valence-corrected chi connectivity index (χ3v) is 5.04. The number of alkyl halides is 3. The lowest BCUT2D eigenvalue weighted by Gasteiger charge is -2.17. The van der Waals surface area contributed by atoms with Gasteiger partial charge < -0.3 is 15.1 Å². The minimum Gasteiger partial charge on any atom is -0.441 e.